The summed E-state index contributed by atoms with van der Waals surface area (Å²) in [5.41, 5.74) is 25.7. The highest BCUT2D eigenvalue weighted by atomic mass is 35.5. The van der Waals surface area contributed by atoms with Crippen LogP contribution in [0.4, 0.5) is 20.2 Å². The molecular formula is C50H60Cl4F2N6O2. The summed E-state index contributed by atoms with van der Waals surface area (Å²) in [6.45, 7) is 17.1. The van der Waals surface area contributed by atoms with Crippen LogP contribution in [0.25, 0.3) is 22.3 Å². The molecule has 0 atom stereocenters. The van der Waals surface area contributed by atoms with E-state index in [1.807, 2.05) is 76.2 Å². The Kier molecular flexibility index (Phi) is 23.3. The van der Waals surface area contributed by atoms with Gasteiger partial charge >= 0.3 is 0 Å². The number of nitrogens with zero attached hydrogens (tertiary/aromatic N) is 2. The highest BCUT2D eigenvalue weighted by Gasteiger charge is 2.23. The van der Waals surface area contributed by atoms with Crippen LogP contribution >= 0.6 is 49.6 Å². The molecule has 2 amide bonds. The van der Waals surface area contributed by atoms with E-state index < -0.39 is 0 Å². The van der Waals surface area contributed by atoms with E-state index >= 15 is 0 Å². The molecule has 0 bridgehead atoms. The molecule has 0 aliphatic carbocycles. The molecule has 6 aromatic rings. The van der Waals surface area contributed by atoms with Gasteiger partial charge in [0.05, 0.1) is 22.8 Å². The number of benzene rings is 4. The van der Waals surface area contributed by atoms with E-state index in [-0.39, 0.29) is 73.1 Å². The van der Waals surface area contributed by atoms with Gasteiger partial charge < -0.3 is 22.1 Å². The quantitative estimate of drug-likeness (QED) is 0.0964. The first-order valence-corrected chi connectivity index (χ1v) is 20.3. The Bertz CT molecular complexity index is 2280. The van der Waals surface area contributed by atoms with E-state index in [0.717, 1.165) is 80.1 Å². The number of amides is 2. The second kappa shape index (κ2) is 26.1. The number of anilines is 2. The molecule has 0 radical (unpaired) electrons. The monoisotopic (exact) mass is 954 g/mol. The van der Waals surface area contributed by atoms with Crippen LogP contribution in [-0.2, 0) is 25.9 Å². The smallest absolute Gasteiger partial charge is 0.255 e. The number of pyridine rings is 2. The zero-order valence-electron chi connectivity index (χ0n) is 37.5. The van der Waals surface area contributed by atoms with Gasteiger partial charge in [0.15, 0.2) is 0 Å². The topological polar surface area (TPSA) is 136 Å². The van der Waals surface area contributed by atoms with E-state index in [1.165, 1.54) is 48.5 Å². The zero-order valence-corrected chi connectivity index (χ0v) is 40.7. The predicted molar refractivity (Wildman–Crippen MR) is 269 cm³/mol. The van der Waals surface area contributed by atoms with Gasteiger partial charge in [0.25, 0.3) is 11.8 Å². The average Bonchev–Trinajstić information content (AvgIpc) is 3.20. The molecule has 0 aliphatic heterocycles. The largest absolute Gasteiger partial charge is 0.326 e. The Morgan fingerprint density at radius 3 is 1.08 bits per heavy atom. The van der Waals surface area contributed by atoms with Crippen molar-refractivity contribution < 1.29 is 18.4 Å². The second-order valence-corrected chi connectivity index (χ2v) is 16.0. The van der Waals surface area contributed by atoms with Crippen LogP contribution in [0.2, 0.25) is 0 Å². The van der Waals surface area contributed by atoms with Crippen LogP contribution < -0.4 is 22.1 Å². The van der Waals surface area contributed by atoms with Crippen LogP contribution in [0.5, 0.6) is 0 Å². The van der Waals surface area contributed by atoms with Crippen molar-refractivity contribution >= 4 is 72.8 Å². The van der Waals surface area contributed by atoms with Gasteiger partial charge in [-0.05, 0) is 123 Å². The Balaban J connectivity index is 0.000000602. The second-order valence-electron chi connectivity index (χ2n) is 16.0. The zero-order chi connectivity index (χ0) is 43.7. The van der Waals surface area contributed by atoms with Crippen molar-refractivity contribution in [2.45, 2.75) is 81.3 Å². The van der Waals surface area contributed by atoms with E-state index in [9.17, 15) is 18.4 Å². The van der Waals surface area contributed by atoms with Crippen molar-refractivity contribution in [2.24, 2.45) is 23.3 Å². The maximum absolute atomic E-state index is 13.3. The Morgan fingerprint density at radius 2 is 0.812 bits per heavy atom. The van der Waals surface area contributed by atoms with Gasteiger partial charge in [-0.3, -0.25) is 19.6 Å². The normalized spacial score (nSPS) is 10.3. The first-order valence-electron chi connectivity index (χ1n) is 20.3. The average molecular weight is 957 g/mol. The molecule has 6 rings (SSSR count). The number of carbonyl (C=O) groups excluding carboxylic acids is 2. The van der Waals surface area contributed by atoms with Crippen molar-refractivity contribution in [3.05, 3.63) is 165 Å². The van der Waals surface area contributed by atoms with E-state index in [1.54, 1.807) is 0 Å². The summed E-state index contributed by atoms with van der Waals surface area (Å²) in [6, 6.07) is 27.3. The Morgan fingerprint density at radius 1 is 0.516 bits per heavy atom. The van der Waals surface area contributed by atoms with Crippen LogP contribution in [0.15, 0.2) is 97.1 Å². The minimum Gasteiger partial charge on any atom is -0.326 e. The molecule has 4 aromatic carbocycles. The molecule has 8 nitrogen and oxygen atoms in total. The summed E-state index contributed by atoms with van der Waals surface area (Å²) in [6.07, 6.45) is 1.61. The number of nitrogens with one attached hydrogen (secondary N) is 2. The molecule has 0 unspecified atom stereocenters. The van der Waals surface area contributed by atoms with Gasteiger partial charge in [-0.1, -0.05) is 87.4 Å². The number of rotatable bonds is 12. The summed E-state index contributed by atoms with van der Waals surface area (Å²) in [4.78, 5) is 35.4. The molecule has 0 spiro atoms. The molecule has 0 aliphatic rings. The lowest BCUT2D eigenvalue weighted by Crippen LogP contribution is -2.18. The van der Waals surface area contributed by atoms with Crippen molar-refractivity contribution in [2.75, 3.05) is 10.6 Å². The summed E-state index contributed by atoms with van der Waals surface area (Å²) in [5.74, 6) is -0.539. The SMILES string of the molecule is Cc1ccc(-c2c(CN)c(CC(C)C)nc(C)c2NC(=O)c2ccc(F)cc2)cc1.Cc1ccc(-c2c(CN)c(CC(C)C)nc(C)c2NC(=O)c2ccc(F)cc2)cc1.Cl.Cl.Cl.Cl. The Labute approximate surface area is 401 Å². The number of aryl methyl sites for hydroxylation is 4. The standard InChI is InChI=1S/2C25H28FN3O.4ClH/c2*1-15(2)13-22-21(14-27)23(18-7-5-16(3)6-8-18)24(17(4)28-22)29-25(30)19-9-11-20(26)12-10-19;;;;/h2*5-12,15H,13-14,27H2,1-4H3,(H,29,30);4*1H. The van der Waals surface area contributed by atoms with Gasteiger partial charge in [0.1, 0.15) is 11.6 Å². The summed E-state index contributed by atoms with van der Waals surface area (Å²) in [7, 11) is 0. The maximum Gasteiger partial charge on any atom is 0.255 e. The minimum atomic E-state index is -0.381. The van der Waals surface area contributed by atoms with Crippen molar-refractivity contribution in [3.8, 4) is 22.3 Å². The lowest BCUT2D eigenvalue weighted by atomic mass is 9.92. The maximum atomic E-state index is 13.3. The van der Waals surface area contributed by atoms with Crippen molar-refractivity contribution in [3.63, 3.8) is 0 Å². The molecule has 344 valence electrons. The number of halogens is 6. The van der Waals surface area contributed by atoms with Gasteiger partial charge in [-0.2, -0.15) is 0 Å². The number of hydrogen-bond donors (Lipinski definition) is 4. The molecule has 0 saturated carbocycles. The number of carbonyl (C=O) groups is 2. The highest BCUT2D eigenvalue weighted by Crippen LogP contribution is 2.38. The first-order chi connectivity index (χ1) is 28.6. The third-order valence-electron chi connectivity index (χ3n) is 10.1. The van der Waals surface area contributed by atoms with Crippen molar-refractivity contribution in [1.82, 2.24) is 9.97 Å². The molecule has 14 heteroatoms. The van der Waals surface area contributed by atoms with Gasteiger partial charge in [0.2, 0.25) is 0 Å². The van der Waals surface area contributed by atoms with E-state index in [0.29, 0.717) is 47.4 Å². The van der Waals surface area contributed by atoms with Gasteiger partial charge in [-0.25, -0.2) is 8.78 Å². The minimum absolute atomic E-state index is 0. The number of nitrogens with two attached hydrogens (primary N) is 2. The van der Waals surface area contributed by atoms with Crippen molar-refractivity contribution in [1.29, 1.82) is 0 Å². The molecule has 2 aromatic heterocycles. The van der Waals surface area contributed by atoms with Crippen LogP contribution in [0, 0.1) is 51.2 Å². The van der Waals surface area contributed by atoms with E-state index in [4.69, 9.17) is 21.4 Å². The summed E-state index contributed by atoms with van der Waals surface area (Å²) in [5, 5.41) is 6.01. The van der Waals surface area contributed by atoms with Gasteiger partial charge in [0, 0.05) is 46.7 Å². The predicted octanol–water partition coefficient (Wildman–Crippen LogP) is 12.5. The van der Waals surface area contributed by atoms with E-state index in [2.05, 4.69) is 38.3 Å². The summed E-state index contributed by atoms with van der Waals surface area (Å²) >= 11 is 0. The summed E-state index contributed by atoms with van der Waals surface area (Å²) < 4.78 is 26.5. The van der Waals surface area contributed by atoms with Crippen LogP contribution in [0.1, 0.15) is 93.4 Å². The fraction of sp³-hybridized carbons (Fsp3) is 0.280. The third kappa shape index (κ3) is 14.5. The number of aromatic nitrogens is 2. The molecule has 64 heavy (non-hydrogen) atoms. The van der Waals surface area contributed by atoms with Crippen LogP contribution in [0.3, 0.4) is 0 Å². The molecule has 0 fully saturated rings. The lowest BCUT2D eigenvalue weighted by molar-refractivity contribution is 0.101. The fourth-order valence-corrected chi connectivity index (χ4v) is 7.11. The number of hydrogen-bond acceptors (Lipinski definition) is 6. The van der Waals surface area contributed by atoms with Crippen LogP contribution in [-0.4, -0.2) is 21.8 Å². The molecule has 6 N–H and O–H groups in total. The molecule has 2 heterocycles. The molecule has 0 saturated heterocycles. The Hall–Kier alpha value is -4.94. The third-order valence-corrected chi connectivity index (χ3v) is 10.1. The lowest BCUT2D eigenvalue weighted by Gasteiger charge is -2.21. The first kappa shape index (κ1) is 57.1. The molecular weight excluding hydrogens is 896 g/mol. The van der Waals surface area contributed by atoms with Gasteiger partial charge in [-0.15, -0.1) is 49.6 Å². The fourth-order valence-electron chi connectivity index (χ4n) is 7.11. The highest BCUT2D eigenvalue weighted by molar-refractivity contribution is 6.08.